The molecule has 0 unspecified atom stereocenters. The number of hydrogen-bond acceptors (Lipinski definition) is 2. The summed E-state index contributed by atoms with van der Waals surface area (Å²) in [5.74, 6) is -0.990. The Balaban J connectivity index is 0.000000211. The van der Waals surface area contributed by atoms with E-state index in [1.165, 1.54) is 12.3 Å². The maximum absolute atomic E-state index is 10.1. The van der Waals surface area contributed by atoms with Crippen molar-refractivity contribution in [2.45, 2.75) is 0 Å². The van der Waals surface area contributed by atoms with Crippen molar-refractivity contribution in [1.29, 1.82) is 0 Å². The predicted octanol–water partition coefficient (Wildman–Crippen LogP) is 2.71. The molecule has 138 valence electrons. The minimum atomic E-state index is -2.14. The number of pyridine rings is 1. The van der Waals surface area contributed by atoms with Gasteiger partial charge in [-0.1, -0.05) is 6.07 Å². The number of benzene rings is 3. The van der Waals surface area contributed by atoms with E-state index in [2.05, 4.69) is 96.0 Å². The number of carbonyl (C=O) groups is 1. The Morgan fingerprint density at radius 3 is 1.29 bits per heavy atom. The summed E-state index contributed by atoms with van der Waals surface area (Å²) < 4.78 is 4.63. The molecular weight excluding hydrogens is 453 g/mol. The second-order valence-electron chi connectivity index (χ2n) is 6.19. The number of rotatable bonds is 4. The van der Waals surface area contributed by atoms with Crippen molar-refractivity contribution in [3.05, 3.63) is 121 Å². The van der Waals surface area contributed by atoms with Crippen molar-refractivity contribution in [2.75, 3.05) is 0 Å². The molecule has 0 aliphatic rings. The third-order valence-electron chi connectivity index (χ3n) is 4.28. The molecule has 4 aromatic rings. The van der Waals surface area contributed by atoms with Gasteiger partial charge in [0, 0.05) is 6.20 Å². The Hall–Kier alpha value is -2.92. The molecule has 28 heavy (non-hydrogen) atoms. The van der Waals surface area contributed by atoms with Gasteiger partial charge in [0.2, 0.25) is 0 Å². The SMILES string of the molecule is O=C(O)c1ccccn1.c1cc[c]([SnH]([c]2ccccc2)[c]2ccccc2)cc1. The summed E-state index contributed by atoms with van der Waals surface area (Å²) in [4.78, 5) is 13.7. The van der Waals surface area contributed by atoms with E-state index < -0.39 is 25.7 Å². The van der Waals surface area contributed by atoms with E-state index in [-0.39, 0.29) is 5.69 Å². The Morgan fingerprint density at radius 2 is 1.00 bits per heavy atom. The van der Waals surface area contributed by atoms with Crippen LogP contribution in [0.25, 0.3) is 0 Å². The third kappa shape index (κ3) is 5.54. The number of nitrogens with zero attached hydrogens (tertiary/aromatic N) is 1. The molecule has 0 saturated carbocycles. The molecule has 0 atom stereocenters. The standard InChI is InChI=1S/C6H5NO2.3C6H5.Sn.H/c8-6(9)5-3-1-2-4-7-5;3*1-2-4-6-5-3-1;;/h1-4H,(H,8,9);3*1-5H;;. The first-order valence-electron chi connectivity index (χ1n) is 9.05. The summed E-state index contributed by atoms with van der Waals surface area (Å²) in [7, 11) is 0. The van der Waals surface area contributed by atoms with Crippen LogP contribution in [0.4, 0.5) is 0 Å². The Labute approximate surface area is 172 Å². The van der Waals surface area contributed by atoms with Crippen LogP contribution in [0.1, 0.15) is 10.5 Å². The molecule has 0 aliphatic carbocycles. The zero-order valence-electron chi connectivity index (χ0n) is 15.3. The van der Waals surface area contributed by atoms with Gasteiger partial charge < -0.3 is 5.11 Å². The fourth-order valence-corrected chi connectivity index (χ4v) is 11.5. The molecule has 4 rings (SSSR count). The molecular formula is C24H21NO2Sn. The summed E-state index contributed by atoms with van der Waals surface area (Å²) in [5.41, 5.74) is 0.0810. The summed E-state index contributed by atoms with van der Waals surface area (Å²) in [6, 6.07) is 37.8. The molecule has 0 radical (unpaired) electrons. The molecule has 1 N–H and O–H groups in total. The zero-order chi connectivity index (χ0) is 19.6. The van der Waals surface area contributed by atoms with E-state index in [0.717, 1.165) is 0 Å². The fraction of sp³-hybridized carbons (Fsp3) is 0. The van der Waals surface area contributed by atoms with E-state index in [0.29, 0.717) is 0 Å². The van der Waals surface area contributed by atoms with Crippen LogP contribution in [0, 0.1) is 0 Å². The molecule has 0 spiro atoms. The van der Waals surface area contributed by atoms with Gasteiger partial charge in [-0.25, -0.2) is 9.78 Å². The number of carboxylic acids is 1. The van der Waals surface area contributed by atoms with Gasteiger partial charge in [-0.15, -0.1) is 0 Å². The van der Waals surface area contributed by atoms with Gasteiger partial charge in [0.15, 0.2) is 0 Å². The second kappa shape index (κ2) is 10.4. The number of hydrogen-bond donors (Lipinski definition) is 1. The normalized spacial score (nSPS) is 10.0. The van der Waals surface area contributed by atoms with E-state index in [9.17, 15) is 4.79 Å². The van der Waals surface area contributed by atoms with Crippen LogP contribution in [-0.2, 0) is 0 Å². The van der Waals surface area contributed by atoms with Crippen LogP contribution < -0.4 is 10.7 Å². The zero-order valence-corrected chi connectivity index (χ0v) is 18.6. The van der Waals surface area contributed by atoms with Gasteiger partial charge in [-0.3, -0.25) is 0 Å². The molecule has 0 fully saturated rings. The van der Waals surface area contributed by atoms with Gasteiger partial charge in [0.1, 0.15) is 5.69 Å². The summed E-state index contributed by atoms with van der Waals surface area (Å²) in [5, 5.41) is 8.32. The average molecular weight is 474 g/mol. The van der Waals surface area contributed by atoms with Gasteiger partial charge in [-0.05, 0) is 12.1 Å². The van der Waals surface area contributed by atoms with Crippen LogP contribution in [0.15, 0.2) is 115 Å². The van der Waals surface area contributed by atoms with Crippen molar-refractivity contribution in [1.82, 2.24) is 4.98 Å². The van der Waals surface area contributed by atoms with Crippen LogP contribution in [0.3, 0.4) is 0 Å². The van der Waals surface area contributed by atoms with Crippen LogP contribution in [-0.4, -0.2) is 35.8 Å². The van der Waals surface area contributed by atoms with E-state index in [1.807, 2.05) is 0 Å². The molecule has 0 amide bonds. The Bertz CT molecular complexity index is 884. The first kappa shape index (κ1) is 19.8. The molecule has 0 aliphatic heterocycles. The summed E-state index contributed by atoms with van der Waals surface area (Å²) >= 11 is -2.14. The Kier molecular flexibility index (Phi) is 7.38. The van der Waals surface area contributed by atoms with Crippen molar-refractivity contribution in [2.24, 2.45) is 0 Å². The molecule has 1 heterocycles. The first-order valence-corrected chi connectivity index (χ1v) is 14.0. The van der Waals surface area contributed by atoms with Crippen molar-refractivity contribution in [3.63, 3.8) is 0 Å². The third-order valence-corrected chi connectivity index (χ3v) is 13.3. The molecule has 4 heteroatoms. The first-order chi connectivity index (χ1) is 13.8. The minimum absolute atomic E-state index is 0.0810. The number of aromatic nitrogens is 1. The Morgan fingerprint density at radius 1 is 0.607 bits per heavy atom. The maximum atomic E-state index is 10.1. The van der Waals surface area contributed by atoms with Gasteiger partial charge in [0.25, 0.3) is 0 Å². The van der Waals surface area contributed by atoms with E-state index >= 15 is 0 Å². The fourth-order valence-electron chi connectivity index (χ4n) is 3.00. The quantitative estimate of drug-likeness (QED) is 0.463. The van der Waals surface area contributed by atoms with Crippen molar-refractivity contribution in [3.8, 4) is 0 Å². The molecule has 3 nitrogen and oxygen atoms in total. The number of aromatic carboxylic acids is 1. The van der Waals surface area contributed by atoms with Crippen LogP contribution in [0.2, 0.25) is 0 Å². The van der Waals surface area contributed by atoms with Crippen molar-refractivity contribution >= 4 is 36.5 Å². The monoisotopic (exact) mass is 475 g/mol. The van der Waals surface area contributed by atoms with E-state index in [4.69, 9.17) is 5.11 Å². The predicted molar refractivity (Wildman–Crippen MR) is 117 cm³/mol. The molecule has 3 aromatic carbocycles. The van der Waals surface area contributed by atoms with Crippen LogP contribution >= 0.6 is 0 Å². The molecule has 1 aromatic heterocycles. The molecule has 0 saturated heterocycles. The molecule has 0 bridgehead atoms. The summed E-state index contributed by atoms with van der Waals surface area (Å²) in [6.07, 6.45) is 1.45. The average Bonchev–Trinajstić information content (AvgIpc) is 2.77. The topological polar surface area (TPSA) is 50.2 Å². The van der Waals surface area contributed by atoms with Crippen LogP contribution in [0.5, 0.6) is 0 Å². The van der Waals surface area contributed by atoms with E-state index in [1.54, 1.807) is 22.9 Å². The summed E-state index contributed by atoms with van der Waals surface area (Å²) in [6.45, 7) is 0. The van der Waals surface area contributed by atoms with Crippen molar-refractivity contribution < 1.29 is 9.90 Å². The van der Waals surface area contributed by atoms with Gasteiger partial charge >= 0.3 is 127 Å². The van der Waals surface area contributed by atoms with Gasteiger partial charge in [0.05, 0.1) is 0 Å². The number of carboxylic acid groups (broad SMARTS) is 1. The van der Waals surface area contributed by atoms with Gasteiger partial charge in [-0.2, -0.15) is 0 Å². The second-order valence-corrected chi connectivity index (χ2v) is 14.4.